The van der Waals surface area contributed by atoms with Gasteiger partial charge in [-0.25, -0.2) is 15.0 Å². The van der Waals surface area contributed by atoms with Crippen LogP contribution in [0.25, 0.3) is 11.0 Å². The number of ether oxygens (including phenoxy) is 1. The molecule has 4 aromatic rings. The second-order valence-electron chi connectivity index (χ2n) is 9.03. The molecule has 36 heavy (non-hydrogen) atoms. The van der Waals surface area contributed by atoms with Crippen LogP contribution in [-0.2, 0) is 13.0 Å². The quantitative estimate of drug-likeness (QED) is 0.377. The van der Waals surface area contributed by atoms with Crippen LogP contribution in [-0.4, -0.2) is 74.2 Å². The van der Waals surface area contributed by atoms with Crippen LogP contribution in [0.1, 0.15) is 22.4 Å². The van der Waals surface area contributed by atoms with Crippen LogP contribution in [0.2, 0.25) is 5.15 Å². The molecule has 10 nitrogen and oxygen atoms in total. The lowest BCUT2D eigenvalue weighted by Gasteiger charge is -2.34. The van der Waals surface area contributed by atoms with E-state index in [-0.39, 0.29) is 5.95 Å². The molecule has 0 saturated carbocycles. The summed E-state index contributed by atoms with van der Waals surface area (Å²) in [6.07, 6.45) is 8.33. The molecule has 0 bridgehead atoms. The van der Waals surface area contributed by atoms with Gasteiger partial charge in [-0.3, -0.25) is 9.88 Å². The minimum absolute atomic E-state index is 0.156. The monoisotopic (exact) mass is 507 g/mol. The standard InChI is InChI=1S/C25H30ClN9O/c1-16-13-30-19(17(2)21(16)36-3)15-35-14-18(20-22(26)31-24(27)32-23(20)35)5-8-33-9-11-34(12-10-33)25-28-6-4-7-29-25/h4,6-7,13-14H,5,8-12,15H2,1-3H3,(H2,27,31,32). The van der Waals surface area contributed by atoms with Crippen molar-refractivity contribution in [3.63, 3.8) is 0 Å². The number of fused-ring (bicyclic) bond motifs is 1. The average molecular weight is 508 g/mol. The maximum absolute atomic E-state index is 6.58. The number of nitrogen functional groups attached to an aromatic ring is 1. The van der Waals surface area contributed by atoms with Gasteiger partial charge in [-0.2, -0.15) is 4.98 Å². The van der Waals surface area contributed by atoms with E-state index in [1.54, 1.807) is 19.5 Å². The third-order valence-corrected chi connectivity index (χ3v) is 7.02. The molecule has 188 valence electrons. The van der Waals surface area contributed by atoms with Crippen LogP contribution < -0.4 is 15.4 Å². The molecule has 1 saturated heterocycles. The number of hydrogen-bond donors (Lipinski definition) is 1. The Bertz CT molecular complexity index is 1370. The second-order valence-corrected chi connectivity index (χ2v) is 9.39. The summed E-state index contributed by atoms with van der Waals surface area (Å²) < 4.78 is 7.65. The molecule has 1 fully saturated rings. The fourth-order valence-corrected chi connectivity index (χ4v) is 5.13. The maximum Gasteiger partial charge on any atom is 0.225 e. The lowest BCUT2D eigenvalue weighted by atomic mass is 10.1. The molecule has 11 heteroatoms. The fourth-order valence-electron chi connectivity index (χ4n) is 4.84. The Morgan fingerprint density at radius 3 is 2.53 bits per heavy atom. The average Bonchev–Trinajstić information content (AvgIpc) is 3.23. The predicted octanol–water partition coefficient (Wildman–Crippen LogP) is 2.89. The van der Waals surface area contributed by atoms with Gasteiger partial charge in [-0.05, 0) is 31.9 Å². The number of nitrogens with two attached hydrogens (primary N) is 1. The molecule has 0 unspecified atom stereocenters. The van der Waals surface area contributed by atoms with Crippen molar-refractivity contribution in [2.24, 2.45) is 0 Å². The van der Waals surface area contributed by atoms with E-state index in [2.05, 4.69) is 45.5 Å². The van der Waals surface area contributed by atoms with E-state index in [0.29, 0.717) is 17.3 Å². The minimum atomic E-state index is 0.156. The van der Waals surface area contributed by atoms with E-state index < -0.39 is 0 Å². The van der Waals surface area contributed by atoms with Crippen LogP contribution in [0.5, 0.6) is 5.75 Å². The zero-order valence-electron chi connectivity index (χ0n) is 20.8. The first-order valence-electron chi connectivity index (χ1n) is 12.0. The topological polar surface area (TPSA) is 111 Å². The van der Waals surface area contributed by atoms with Crippen molar-refractivity contribution in [3.8, 4) is 5.75 Å². The third kappa shape index (κ3) is 4.78. The molecule has 0 spiro atoms. The van der Waals surface area contributed by atoms with Crippen LogP contribution >= 0.6 is 11.6 Å². The molecular weight excluding hydrogens is 478 g/mol. The molecular formula is C25H30ClN9O. The smallest absolute Gasteiger partial charge is 0.225 e. The largest absolute Gasteiger partial charge is 0.496 e. The molecule has 0 atom stereocenters. The van der Waals surface area contributed by atoms with E-state index >= 15 is 0 Å². The highest BCUT2D eigenvalue weighted by Crippen LogP contribution is 2.30. The van der Waals surface area contributed by atoms with Gasteiger partial charge in [0.25, 0.3) is 0 Å². The molecule has 5 heterocycles. The molecule has 0 aliphatic carbocycles. The Balaban J connectivity index is 1.35. The summed E-state index contributed by atoms with van der Waals surface area (Å²) in [6.45, 7) is 9.13. The van der Waals surface area contributed by atoms with Gasteiger partial charge in [0.15, 0.2) is 0 Å². The highest BCUT2D eigenvalue weighted by molar-refractivity contribution is 6.34. The number of nitrogens with zero attached hydrogens (tertiary/aromatic N) is 8. The first-order valence-corrected chi connectivity index (χ1v) is 12.4. The highest BCUT2D eigenvalue weighted by Gasteiger charge is 2.21. The van der Waals surface area contributed by atoms with Crippen molar-refractivity contribution in [1.29, 1.82) is 0 Å². The Morgan fingerprint density at radius 1 is 1.06 bits per heavy atom. The first kappa shape index (κ1) is 24.2. The van der Waals surface area contributed by atoms with E-state index in [4.69, 9.17) is 22.1 Å². The van der Waals surface area contributed by atoms with E-state index in [1.165, 1.54) is 0 Å². The van der Waals surface area contributed by atoms with Crippen molar-refractivity contribution >= 4 is 34.5 Å². The maximum atomic E-state index is 6.58. The second kappa shape index (κ2) is 10.2. The normalized spacial score (nSPS) is 14.5. The SMILES string of the molecule is COc1c(C)cnc(Cn2cc(CCN3CCN(c4ncccn4)CC3)c3c(Cl)nc(N)nc32)c1C. The Labute approximate surface area is 215 Å². The number of halogens is 1. The van der Waals surface area contributed by atoms with Gasteiger partial charge in [0.05, 0.1) is 24.7 Å². The highest BCUT2D eigenvalue weighted by atomic mass is 35.5. The summed E-state index contributed by atoms with van der Waals surface area (Å²) in [7, 11) is 1.68. The van der Waals surface area contributed by atoms with Crippen molar-refractivity contribution in [2.45, 2.75) is 26.8 Å². The summed E-state index contributed by atoms with van der Waals surface area (Å²) >= 11 is 6.58. The number of anilines is 2. The van der Waals surface area contributed by atoms with Gasteiger partial charge in [0.2, 0.25) is 11.9 Å². The number of methoxy groups -OCH3 is 1. The zero-order valence-corrected chi connectivity index (χ0v) is 21.5. The predicted molar refractivity (Wildman–Crippen MR) is 141 cm³/mol. The minimum Gasteiger partial charge on any atom is -0.496 e. The van der Waals surface area contributed by atoms with Gasteiger partial charge >= 0.3 is 0 Å². The van der Waals surface area contributed by atoms with Gasteiger partial charge in [-0.1, -0.05) is 11.6 Å². The Morgan fingerprint density at radius 2 is 1.81 bits per heavy atom. The summed E-state index contributed by atoms with van der Waals surface area (Å²) in [5.41, 5.74) is 10.7. The number of pyridine rings is 1. The van der Waals surface area contributed by atoms with E-state index in [0.717, 1.165) is 78.6 Å². The molecule has 4 aromatic heterocycles. The lowest BCUT2D eigenvalue weighted by Crippen LogP contribution is -2.47. The molecule has 1 aliphatic rings. The number of hydrogen-bond acceptors (Lipinski definition) is 9. The van der Waals surface area contributed by atoms with Crippen molar-refractivity contribution < 1.29 is 4.74 Å². The van der Waals surface area contributed by atoms with Gasteiger partial charge < -0.3 is 19.9 Å². The molecule has 2 N–H and O–H groups in total. The summed E-state index contributed by atoms with van der Waals surface area (Å²) in [5, 5.41) is 1.22. The third-order valence-electron chi connectivity index (χ3n) is 6.74. The molecule has 1 aliphatic heterocycles. The van der Waals surface area contributed by atoms with Gasteiger partial charge in [-0.15, -0.1) is 0 Å². The number of aromatic nitrogens is 6. The Kier molecular flexibility index (Phi) is 6.88. The van der Waals surface area contributed by atoms with Crippen molar-refractivity contribution in [2.75, 3.05) is 50.5 Å². The summed E-state index contributed by atoms with van der Waals surface area (Å²) in [5.74, 6) is 1.80. The summed E-state index contributed by atoms with van der Waals surface area (Å²) in [6, 6.07) is 1.84. The van der Waals surface area contributed by atoms with Crippen LogP contribution in [0.15, 0.2) is 30.9 Å². The van der Waals surface area contributed by atoms with Gasteiger partial charge in [0.1, 0.15) is 16.5 Å². The van der Waals surface area contributed by atoms with Crippen molar-refractivity contribution in [1.82, 2.24) is 34.4 Å². The van der Waals surface area contributed by atoms with Crippen LogP contribution in [0.4, 0.5) is 11.9 Å². The van der Waals surface area contributed by atoms with E-state index in [1.807, 2.05) is 26.1 Å². The number of piperazine rings is 1. The first-order chi connectivity index (χ1) is 17.4. The molecule has 0 amide bonds. The van der Waals surface area contributed by atoms with Crippen LogP contribution in [0.3, 0.4) is 0 Å². The van der Waals surface area contributed by atoms with Crippen molar-refractivity contribution in [3.05, 3.63) is 58.4 Å². The van der Waals surface area contributed by atoms with E-state index in [9.17, 15) is 0 Å². The Hall–Kier alpha value is -3.50. The molecule has 5 rings (SSSR count). The molecule has 0 radical (unpaired) electrons. The van der Waals surface area contributed by atoms with Gasteiger partial charge in [0, 0.05) is 68.6 Å². The van der Waals surface area contributed by atoms with Crippen LogP contribution in [0, 0.1) is 13.8 Å². The zero-order chi connectivity index (χ0) is 25.2. The lowest BCUT2D eigenvalue weighted by molar-refractivity contribution is 0.260. The number of rotatable bonds is 7. The molecule has 0 aromatic carbocycles. The summed E-state index contributed by atoms with van der Waals surface area (Å²) in [4.78, 5) is 26.8. The number of aryl methyl sites for hydroxylation is 1. The fraction of sp³-hybridized carbons (Fsp3) is 0.400.